The minimum atomic E-state index is -0.463. The molecule has 0 saturated heterocycles. The predicted octanol–water partition coefficient (Wildman–Crippen LogP) is 7.06. The van der Waals surface area contributed by atoms with E-state index in [4.69, 9.17) is 4.99 Å². The lowest BCUT2D eigenvalue weighted by molar-refractivity contribution is 0.393. The van der Waals surface area contributed by atoms with Crippen molar-refractivity contribution in [2.75, 3.05) is 5.32 Å². The standard InChI is InChI=1S/C26H24N2S/c1-18(2)17-26(20-11-4-3-5-12-20)27-22-14-8-7-13-21(22)25(28-26)24-16-19-10-6-9-15-23(19)29-24/h3-16,18,27H,17H2,1-2H3. The summed E-state index contributed by atoms with van der Waals surface area (Å²) < 4.78 is 1.30. The molecule has 1 atom stereocenters. The summed E-state index contributed by atoms with van der Waals surface area (Å²) in [5, 5.41) is 5.09. The van der Waals surface area contributed by atoms with Gasteiger partial charge in [-0.15, -0.1) is 11.3 Å². The van der Waals surface area contributed by atoms with E-state index < -0.39 is 5.66 Å². The zero-order valence-corrected chi connectivity index (χ0v) is 17.5. The van der Waals surface area contributed by atoms with Crippen LogP contribution in [-0.2, 0) is 5.66 Å². The third kappa shape index (κ3) is 3.26. The first kappa shape index (κ1) is 18.1. The molecule has 5 rings (SSSR count). The van der Waals surface area contributed by atoms with E-state index >= 15 is 0 Å². The molecule has 2 heterocycles. The van der Waals surface area contributed by atoms with Crippen molar-refractivity contribution in [3.05, 3.63) is 101 Å². The van der Waals surface area contributed by atoms with E-state index in [1.165, 1.54) is 26.1 Å². The monoisotopic (exact) mass is 396 g/mol. The summed E-state index contributed by atoms with van der Waals surface area (Å²) in [4.78, 5) is 6.67. The number of para-hydroxylation sites is 1. The summed E-state index contributed by atoms with van der Waals surface area (Å²) >= 11 is 1.82. The van der Waals surface area contributed by atoms with E-state index in [0.717, 1.165) is 17.8 Å². The van der Waals surface area contributed by atoms with Crippen LogP contribution in [0.3, 0.4) is 0 Å². The fourth-order valence-electron chi connectivity index (χ4n) is 4.24. The lowest BCUT2D eigenvalue weighted by Gasteiger charge is -2.39. The molecule has 1 N–H and O–H groups in total. The molecule has 0 amide bonds. The van der Waals surface area contributed by atoms with Crippen LogP contribution in [0.15, 0.2) is 89.9 Å². The molecule has 3 aromatic carbocycles. The Morgan fingerprint density at radius 3 is 2.41 bits per heavy atom. The first-order chi connectivity index (χ1) is 14.1. The van der Waals surface area contributed by atoms with Crippen molar-refractivity contribution in [1.29, 1.82) is 0 Å². The number of thiophene rings is 1. The fourth-order valence-corrected chi connectivity index (χ4v) is 5.31. The largest absolute Gasteiger partial charge is 0.357 e. The molecule has 1 unspecified atom stereocenters. The van der Waals surface area contributed by atoms with Gasteiger partial charge in [-0.3, -0.25) is 4.99 Å². The third-order valence-corrected chi connectivity index (χ3v) is 6.56. The smallest absolute Gasteiger partial charge is 0.156 e. The van der Waals surface area contributed by atoms with Crippen LogP contribution < -0.4 is 5.32 Å². The van der Waals surface area contributed by atoms with E-state index in [1.54, 1.807) is 0 Å². The second kappa shape index (κ2) is 7.16. The van der Waals surface area contributed by atoms with E-state index in [1.807, 2.05) is 11.3 Å². The normalized spacial score (nSPS) is 18.4. The van der Waals surface area contributed by atoms with Gasteiger partial charge in [0, 0.05) is 16.0 Å². The number of aliphatic imine (C=N–C) groups is 1. The summed E-state index contributed by atoms with van der Waals surface area (Å²) in [5.74, 6) is 0.500. The Kier molecular flexibility index (Phi) is 4.48. The van der Waals surface area contributed by atoms with Gasteiger partial charge in [0.1, 0.15) is 0 Å². The van der Waals surface area contributed by atoms with Gasteiger partial charge < -0.3 is 5.32 Å². The SMILES string of the molecule is CC(C)CC1(c2ccccc2)N=C(c2cc3ccccc3s2)c2ccccc2N1. The van der Waals surface area contributed by atoms with E-state index in [0.29, 0.717) is 5.92 Å². The van der Waals surface area contributed by atoms with Gasteiger partial charge >= 0.3 is 0 Å². The molecule has 2 nitrogen and oxygen atoms in total. The van der Waals surface area contributed by atoms with Crippen molar-refractivity contribution < 1.29 is 0 Å². The first-order valence-corrected chi connectivity index (χ1v) is 11.0. The molecule has 0 aliphatic carbocycles. The van der Waals surface area contributed by atoms with Crippen LogP contribution in [0, 0.1) is 5.92 Å². The Bertz CT molecular complexity index is 1160. The van der Waals surface area contributed by atoms with Gasteiger partial charge in [-0.25, -0.2) is 0 Å². The Hall–Kier alpha value is -2.91. The van der Waals surface area contributed by atoms with Crippen molar-refractivity contribution in [2.24, 2.45) is 10.9 Å². The van der Waals surface area contributed by atoms with Crippen LogP contribution in [0.5, 0.6) is 0 Å². The number of fused-ring (bicyclic) bond motifs is 2. The third-order valence-electron chi connectivity index (χ3n) is 5.44. The molecule has 1 aliphatic rings. The lowest BCUT2D eigenvalue weighted by atomic mass is 9.87. The van der Waals surface area contributed by atoms with Gasteiger partial charge in [0.15, 0.2) is 5.66 Å². The van der Waals surface area contributed by atoms with Crippen LogP contribution in [-0.4, -0.2) is 5.71 Å². The van der Waals surface area contributed by atoms with Gasteiger partial charge in [-0.1, -0.05) is 80.6 Å². The fraction of sp³-hybridized carbons (Fsp3) is 0.192. The molecule has 1 aliphatic heterocycles. The summed E-state index contributed by atoms with van der Waals surface area (Å²) in [7, 11) is 0. The molecule has 0 spiro atoms. The lowest BCUT2D eigenvalue weighted by Crippen LogP contribution is -2.39. The zero-order valence-electron chi connectivity index (χ0n) is 16.7. The van der Waals surface area contributed by atoms with Crippen molar-refractivity contribution in [3.8, 4) is 0 Å². The molecule has 3 heteroatoms. The highest BCUT2D eigenvalue weighted by molar-refractivity contribution is 7.21. The van der Waals surface area contributed by atoms with Gasteiger partial charge in [0.05, 0.1) is 10.6 Å². The van der Waals surface area contributed by atoms with E-state index in [-0.39, 0.29) is 0 Å². The topological polar surface area (TPSA) is 24.4 Å². The average molecular weight is 397 g/mol. The molecular formula is C26H24N2S. The van der Waals surface area contributed by atoms with Gasteiger partial charge in [-0.05, 0) is 41.5 Å². The van der Waals surface area contributed by atoms with E-state index in [2.05, 4.69) is 104 Å². The number of hydrogen-bond donors (Lipinski definition) is 1. The maximum absolute atomic E-state index is 5.45. The molecule has 144 valence electrons. The molecule has 1 aromatic heterocycles. The number of anilines is 1. The summed E-state index contributed by atoms with van der Waals surface area (Å²) in [6.45, 7) is 4.53. The number of nitrogens with one attached hydrogen (secondary N) is 1. The maximum Gasteiger partial charge on any atom is 0.156 e. The molecule has 0 radical (unpaired) electrons. The van der Waals surface area contributed by atoms with Crippen molar-refractivity contribution in [3.63, 3.8) is 0 Å². The second-order valence-electron chi connectivity index (χ2n) is 8.10. The Morgan fingerprint density at radius 2 is 1.62 bits per heavy atom. The first-order valence-electron chi connectivity index (χ1n) is 10.2. The van der Waals surface area contributed by atoms with Gasteiger partial charge in [0.25, 0.3) is 0 Å². The highest BCUT2D eigenvalue weighted by Crippen LogP contribution is 2.41. The highest BCUT2D eigenvalue weighted by atomic mass is 32.1. The molecule has 0 saturated carbocycles. The van der Waals surface area contributed by atoms with Crippen LogP contribution in [0.25, 0.3) is 10.1 Å². The Balaban J connectivity index is 1.76. The molecular weight excluding hydrogens is 372 g/mol. The molecule has 29 heavy (non-hydrogen) atoms. The summed E-state index contributed by atoms with van der Waals surface area (Å²) in [5.41, 5.74) is 4.16. The van der Waals surface area contributed by atoms with Gasteiger partial charge in [-0.2, -0.15) is 0 Å². The number of rotatable bonds is 4. The Labute approximate surface area is 175 Å². The summed E-state index contributed by atoms with van der Waals surface area (Å²) in [6, 6.07) is 30.1. The quantitative estimate of drug-likeness (QED) is 0.392. The van der Waals surface area contributed by atoms with Crippen LogP contribution in [0.1, 0.15) is 36.3 Å². The molecule has 0 bridgehead atoms. The van der Waals surface area contributed by atoms with Crippen LogP contribution >= 0.6 is 11.3 Å². The predicted molar refractivity (Wildman–Crippen MR) is 125 cm³/mol. The van der Waals surface area contributed by atoms with Crippen molar-refractivity contribution >= 4 is 32.8 Å². The highest BCUT2D eigenvalue weighted by Gasteiger charge is 2.37. The van der Waals surface area contributed by atoms with Crippen molar-refractivity contribution in [2.45, 2.75) is 25.9 Å². The second-order valence-corrected chi connectivity index (χ2v) is 9.19. The summed E-state index contributed by atoms with van der Waals surface area (Å²) in [6.07, 6.45) is 0.930. The van der Waals surface area contributed by atoms with Crippen molar-refractivity contribution in [1.82, 2.24) is 0 Å². The van der Waals surface area contributed by atoms with Crippen LogP contribution in [0.4, 0.5) is 5.69 Å². The minimum absolute atomic E-state index is 0.463. The number of nitrogens with zero attached hydrogens (tertiary/aromatic N) is 1. The van der Waals surface area contributed by atoms with E-state index in [9.17, 15) is 0 Å². The van der Waals surface area contributed by atoms with Gasteiger partial charge in [0.2, 0.25) is 0 Å². The molecule has 4 aromatic rings. The zero-order chi connectivity index (χ0) is 19.8. The average Bonchev–Trinajstić information content (AvgIpc) is 3.17. The minimum Gasteiger partial charge on any atom is -0.357 e. The number of benzene rings is 3. The van der Waals surface area contributed by atoms with Crippen LogP contribution in [0.2, 0.25) is 0 Å². The number of hydrogen-bond acceptors (Lipinski definition) is 3. The molecule has 0 fully saturated rings. The maximum atomic E-state index is 5.45. The Morgan fingerprint density at radius 1 is 0.897 bits per heavy atom.